The van der Waals surface area contributed by atoms with Crippen LogP contribution in [0.15, 0.2) is 48.9 Å². The highest BCUT2D eigenvalue weighted by Crippen LogP contribution is 2.31. The Morgan fingerprint density at radius 2 is 2.00 bits per heavy atom. The monoisotopic (exact) mass is 359 g/mol. The number of alkyl halides is 3. The van der Waals surface area contributed by atoms with Crippen LogP contribution in [0.5, 0.6) is 0 Å². The first-order valence-electron chi connectivity index (χ1n) is 7.55. The number of aromatic nitrogens is 6. The number of hydrogen-bond donors (Lipinski definition) is 1. The van der Waals surface area contributed by atoms with E-state index in [0.717, 1.165) is 16.1 Å². The second kappa shape index (κ2) is 5.83. The maximum atomic E-state index is 12.9. The van der Waals surface area contributed by atoms with E-state index in [9.17, 15) is 13.2 Å². The zero-order chi connectivity index (χ0) is 18.3. The third-order valence-electron chi connectivity index (χ3n) is 3.70. The van der Waals surface area contributed by atoms with Gasteiger partial charge in [-0.15, -0.1) is 5.10 Å². The van der Waals surface area contributed by atoms with Crippen LogP contribution in [-0.2, 0) is 13.2 Å². The van der Waals surface area contributed by atoms with E-state index >= 15 is 0 Å². The summed E-state index contributed by atoms with van der Waals surface area (Å²) in [6.45, 7) is 0. The number of benzene rings is 1. The smallest absolute Gasteiger partial charge is 0.338 e. The summed E-state index contributed by atoms with van der Waals surface area (Å²) in [6, 6.07) is 8.23. The predicted molar refractivity (Wildman–Crippen MR) is 87.7 cm³/mol. The van der Waals surface area contributed by atoms with E-state index in [0.29, 0.717) is 11.4 Å². The molecule has 10 heteroatoms. The zero-order valence-electron chi connectivity index (χ0n) is 13.4. The van der Waals surface area contributed by atoms with Crippen LogP contribution in [-0.4, -0.2) is 29.6 Å². The summed E-state index contributed by atoms with van der Waals surface area (Å²) in [5.41, 5.74) is 1.42. The van der Waals surface area contributed by atoms with Crippen molar-refractivity contribution in [3.05, 3.63) is 54.6 Å². The topological polar surface area (TPSA) is 72.9 Å². The summed E-state index contributed by atoms with van der Waals surface area (Å²) in [5, 5.41) is 14.5. The van der Waals surface area contributed by atoms with E-state index in [2.05, 4.69) is 25.7 Å². The van der Waals surface area contributed by atoms with Gasteiger partial charge in [-0.2, -0.15) is 18.3 Å². The van der Waals surface area contributed by atoms with Gasteiger partial charge in [0.05, 0.1) is 6.20 Å². The molecule has 0 unspecified atom stereocenters. The van der Waals surface area contributed by atoms with Gasteiger partial charge < -0.3 is 5.32 Å². The molecule has 0 atom stereocenters. The second-order valence-electron chi connectivity index (χ2n) is 5.62. The Balaban J connectivity index is 1.70. The van der Waals surface area contributed by atoms with Crippen molar-refractivity contribution in [2.45, 2.75) is 6.18 Å². The van der Waals surface area contributed by atoms with E-state index in [1.54, 1.807) is 24.0 Å². The molecular weight excluding hydrogens is 347 g/mol. The molecule has 4 aromatic rings. The molecule has 1 N–H and O–H groups in total. The zero-order valence-corrected chi connectivity index (χ0v) is 13.4. The molecule has 26 heavy (non-hydrogen) atoms. The number of nitrogens with one attached hydrogen (secondary N) is 1. The van der Waals surface area contributed by atoms with Gasteiger partial charge in [0.2, 0.25) is 0 Å². The maximum absolute atomic E-state index is 12.9. The number of rotatable bonds is 3. The predicted octanol–water partition coefficient (Wildman–Crippen LogP) is 3.29. The van der Waals surface area contributed by atoms with Crippen molar-refractivity contribution >= 4 is 17.0 Å². The summed E-state index contributed by atoms with van der Waals surface area (Å²) in [7, 11) is 1.76. The quantitative estimate of drug-likeness (QED) is 0.608. The van der Waals surface area contributed by atoms with Gasteiger partial charge in [0.1, 0.15) is 11.2 Å². The lowest BCUT2D eigenvalue weighted by Gasteiger charge is -2.08. The van der Waals surface area contributed by atoms with Crippen molar-refractivity contribution in [1.82, 2.24) is 29.6 Å². The van der Waals surface area contributed by atoms with Gasteiger partial charge in [0, 0.05) is 36.8 Å². The lowest BCUT2D eigenvalue weighted by molar-refractivity contribution is -0.141. The molecule has 0 amide bonds. The van der Waals surface area contributed by atoms with Crippen molar-refractivity contribution in [3.8, 4) is 11.3 Å². The molecule has 4 rings (SSSR count). The van der Waals surface area contributed by atoms with E-state index in [-0.39, 0.29) is 11.3 Å². The third-order valence-corrected chi connectivity index (χ3v) is 3.70. The molecule has 3 aromatic heterocycles. The van der Waals surface area contributed by atoms with Crippen LogP contribution in [0.2, 0.25) is 0 Å². The Hall–Kier alpha value is -3.43. The molecule has 1 aromatic carbocycles. The van der Waals surface area contributed by atoms with Crippen LogP contribution in [0.1, 0.15) is 5.69 Å². The van der Waals surface area contributed by atoms with Gasteiger partial charge in [-0.3, -0.25) is 4.68 Å². The number of aryl methyl sites for hydroxylation is 1. The third kappa shape index (κ3) is 2.96. The molecule has 132 valence electrons. The van der Waals surface area contributed by atoms with Gasteiger partial charge >= 0.3 is 6.18 Å². The highest BCUT2D eigenvalue weighted by Gasteiger charge is 2.34. The van der Waals surface area contributed by atoms with Gasteiger partial charge in [-0.1, -0.05) is 17.3 Å². The highest BCUT2D eigenvalue weighted by atomic mass is 19.4. The Bertz CT molecular complexity index is 1080. The molecule has 0 fully saturated rings. The van der Waals surface area contributed by atoms with Crippen molar-refractivity contribution in [1.29, 1.82) is 0 Å². The largest absolute Gasteiger partial charge is 0.435 e. The second-order valence-corrected chi connectivity index (χ2v) is 5.62. The maximum Gasteiger partial charge on any atom is 0.435 e. The van der Waals surface area contributed by atoms with Crippen molar-refractivity contribution in [3.63, 3.8) is 0 Å². The minimum absolute atomic E-state index is 0.227. The summed E-state index contributed by atoms with van der Waals surface area (Å²) < 4.78 is 41.4. The first-order valence-corrected chi connectivity index (χ1v) is 7.55. The molecular formula is C16H12F3N7. The van der Waals surface area contributed by atoms with E-state index in [1.165, 1.54) is 12.4 Å². The highest BCUT2D eigenvalue weighted by molar-refractivity contribution is 5.75. The molecule has 0 saturated heterocycles. The molecule has 0 saturated carbocycles. The molecule has 0 radical (unpaired) electrons. The summed E-state index contributed by atoms with van der Waals surface area (Å²) in [5.74, 6) is 0.270. The fourth-order valence-corrected chi connectivity index (χ4v) is 2.53. The van der Waals surface area contributed by atoms with Gasteiger partial charge in [-0.25, -0.2) is 9.50 Å². The Morgan fingerprint density at radius 3 is 2.73 bits per heavy atom. The first kappa shape index (κ1) is 16.1. The summed E-state index contributed by atoms with van der Waals surface area (Å²) in [4.78, 5) is 4.13. The van der Waals surface area contributed by atoms with Crippen LogP contribution >= 0.6 is 0 Å². The fourth-order valence-electron chi connectivity index (χ4n) is 2.53. The average Bonchev–Trinajstić information content (AvgIpc) is 3.22. The number of fused-ring (bicyclic) bond motifs is 1. The van der Waals surface area contributed by atoms with Gasteiger partial charge in [0.15, 0.2) is 11.5 Å². The molecule has 3 heterocycles. The van der Waals surface area contributed by atoms with Gasteiger partial charge in [0.25, 0.3) is 0 Å². The number of anilines is 2. The van der Waals surface area contributed by atoms with Crippen LogP contribution in [0.3, 0.4) is 0 Å². The lowest BCUT2D eigenvalue weighted by Crippen LogP contribution is -2.05. The van der Waals surface area contributed by atoms with Crippen LogP contribution in [0.25, 0.3) is 16.8 Å². The first-order chi connectivity index (χ1) is 12.4. The molecule has 0 aliphatic rings. The summed E-state index contributed by atoms with van der Waals surface area (Å²) >= 11 is 0. The Kier molecular flexibility index (Phi) is 3.60. The molecule has 7 nitrogen and oxygen atoms in total. The van der Waals surface area contributed by atoms with E-state index in [1.807, 2.05) is 18.2 Å². The standard InChI is InChI=1S/C16H12F3N7/c1-25-9-12(22-24-25)10-3-2-4-11(7-10)21-15-13-8-14(16(17,18)19)23-26(13)6-5-20-15/h2-9H,1H3,(H,20,21). The van der Waals surface area contributed by atoms with Crippen molar-refractivity contribution in [2.24, 2.45) is 7.05 Å². The number of hydrogen-bond acceptors (Lipinski definition) is 5. The van der Waals surface area contributed by atoms with Crippen LogP contribution in [0.4, 0.5) is 24.7 Å². The number of nitrogens with zero attached hydrogens (tertiary/aromatic N) is 6. The number of halogens is 3. The molecule has 0 aliphatic heterocycles. The molecule has 0 bridgehead atoms. The van der Waals surface area contributed by atoms with Crippen LogP contribution in [0, 0.1) is 0 Å². The van der Waals surface area contributed by atoms with Crippen molar-refractivity contribution < 1.29 is 13.2 Å². The normalized spacial score (nSPS) is 11.8. The lowest BCUT2D eigenvalue weighted by atomic mass is 10.1. The van der Waals surface area contributed by atoms with Crippen molar-refractivity contribution in [2.75, 3.05) is 5.32 Å². The fraction of sp³-hybridized carbons (Fsp3) is 0.125. The van der Waals surface area contributed by atoms with Gasteiger partial charge in [-0.05, 0) is 12.1 Å². The van der Waals surface area contributed by atoms with E-state index < -0.39 is 11.9 Å². The molecule has 0 spiro atoms. The Morgan fingerprint density at radius 1 is 1.15 bits per heavy atom. The minimum Gasteiger partial charge on any atom is -0.338 e. The van der Waals surface area contributed by atoms with E-state index in [4.69, 9.17) is 0 Å². The summed E-state index contributed by atoms with van der Waals surface area (Å²) in [6.07, 6.45) is 0.000584. The molecule has 0 aliphatic carbocycles. The Labute approximate surface area is 145 Å². The average molecular weight is 359 g/mol. The minimum atomic E-state index is -4.52. The SMILES string of the molecule is Cn1cc(-c2cccc(Nc3nccn4nc(C(F)(F)F)cc34)c2)nn1. The van der Waals surface area contributed by atoms with Crippen LogP contribution < -0.4 is 5.32 Å².